The van der Waals surface area contributed by atoms with Crippen LogP contribution in [0, 0.1) is 6.92 Å². The molecule has 2 aromatic carbocycles. The van der Waals surface area contributed by atoms with Gasteiger partial charge in [-0.1, -0.05) is 29.8 Å². The first kappa shape index (κ1) is 25.5. The highest BCUT2D eigenvalue weighted by Gasteiger charge is 2.35. The Morgan fingerprint density at radius 2 is 1.69 bits per heavy atom. The number of benzene rings is 2. The zero-order valence-corrected chi connectivity index (χ0v) is 20.4. The Labute approximate surface area is 208 Å². The van der Waals surface area contributed by atoms with Crippen molar-refractivity contribution in [2.24, 2.45) is 0 Å². The van der Waals surface area contributed by atoms with E-state index in [1.807, 2.05) is 0 Å². The number of amides is 1. The van der Waals surface area contributed by atoms with Crippen molar-refractivity contribution in [3.63, 3.8) is 0 Å². The molecule has 4 aromatic rings. The normalized spacial score (nSPS) is 12.1. The Balaban J connectivity index is 1.81. The largest absolute Gasteiger partial charge is 0.451 e. The lowest BCUT2D eigenvalue weighted by atomic mass is 10.1. The van der Waals surface area contributed by atoms with Crippen LogP contribution in [-0.2, 0) is 22.6 Å². The fraction of sp³-hybridized carbons (Fsp3) is 0.174. The summed E-state index contributed by atoms with van der Waals surface area (Å²) in [4.78, 5) is 29.6. The second-order valence-electron chi connectivity index (χ2n) is 7.85. The summed E-state index contributed by atoms with van der Waals surface area (Å²) in [5.41, 5.74) is 1.87. The summed E-state index contributed by atoms with van der Waals surface area (Å²) >= 11 is 6.09. The van der Waals surface area contributed by atoms with Crippen molar-refractivity contribution in [1.82, 2.24) is 19.9 Å². The van der Waals surface area contributed by atoms with Crippen LogP contribution in [-0.4, -0.2) is 40.5 Å². The lowest BCUT2D eigenvalue weighted by Crippen LogP contribution is -2.32. The molecule has 8 nitrogen and oxygen atoms in total. The maximum atomic E-state index is 13.5. The summed E-state index contributed by atoms with van der Waals surface area (Å²) in [7, 11) is -3.77. The minimum Gasteiger partial charge on any atom is -0.303 e. The van der Waals surface area contributed by atoms with E-state index in [1.54, 1.807) is 31.2 Å². The van der Waals surface area contributed by atoms with Crippen LogP contribution in [0.3, 0.4) is 0 Å². The predicted octanol–water partition coefficient (Wildman–Crippen LogP) is 4.65. The van der Waals surface area contributed by atoms with Gasteiger partial charge in [0.25, 0.3) is 5.91 Å². The number of halogens is 4. The van der Waals surface area contributed by atoms with E-state index in [9.17, 15) is 26.4 Å². The topological polar surface area (TPSA) is 106 Å². The van der Waals surface area contributed by atoms with Crippen LogP contribution in [0.15, 0.2) is 59.8 Å². The second-order valence-corrected chi connectivity index (χ2v) is 10.2. The highest BCUT2D eigenvalue weighted by atomic mass is 35.5. The maximum Gasteiger partial charge on any atom is 0.451 e. The van der Waals surface area contributed by atoms with Crippen molar-refractivity contribution in [1.29, 1.82) is 0 Å². The van der Waals surface area contributed by atoms with Gasteiger partial charge in [-0.3, -0.25) is 4.79 Å². The minimum atomic E-state index is -4.78. The number of hydrogen-bond acceptors (Lipinski definition) is 7. The highest BCUT2D eigenvalue weighted by Crippen LogP contribution is 2.30. The molecule has 0 unspecified atom stereocenters. The summed E-state index contributed by atoms with van der Waals surface area (Å²) in [6.07, 6.45) is -2.28. The monoisotopic (exact) mass is 535 g/mol. The first-order valence-corrected chi connectivity index (χ1v) is 12.5. The smallest absolute Gasteiger partial charge is 0.303 e. The van der Waals surface area contributed by atoms with Gasteiger partial charge in [0.05, 0.1) is 39.4 Å². The van der Waals surface area contributed by atoms with Crippen molar-refractivity contribution in [3.05, 3.63) is 82.7 Å². The third kappa shape index (κ3) is 5.29. The number of sulfone groups is 1. The van der Waals surface area contributed by atoms with Gasteiger partial charge in [0, 0.05) is 18.6 Å². The second kappa shape index (κ2) is 9.43. The van der Waals surface area contributed by atoms with Crippen molar-refractivity contribution in [2.75, 3.05) is 11.2 Å². The molecule has 4 rings (SSSR count). The number of hydrogen-bond donors (Lipinski definition) is 0. The average molecular weight is 536 g/mol. The summed E-state index contributed by atoms with van der Waals surface area (Å²) in [5, 5.41) is 0.205. The number of rotatable bonds is 5. The Hall–Kier alpha value is -3.64. The molecule has 0 aliphatic rings. The van der Waals surface area contributed by atoms with Crippen LogP contribution < -0.4 is 4.90 Å². The molecule has 0 atom stereocenters. The number of fused-ring (bicyclic) bond motifs is 1. The van der Waals surface area contributed by atoms with Gasteiger partial charge in [-0.15, -0.1) is 0 Å². The number of aryl methyl sites for hydroxylation is 1. The lowest BCUT2D eigenvalue weighted by molar-refractivity contribution is -0.145. The molecule has 36 heavy (non-hydrogen) atoms. The Bertz CT molecular complexity index is 1580. The summed E-state index contributed by atoms with van der Waals surface area (Å²) in [6.45, 7) is 1.56. The Kier molecular flexibility index (Phi) is 6.67. The summed E-state index contributed by atoms with van der Waals surface area (Å²) in [5.74, 6) is -2.20. The SMILES string of the molecule is Cc1nc2ccc(CN(C(=O)c3cnc(C(F)(F)F)nc3)c3ccccc3S(C)(=O)=O)cc2nc1Cl. The fourth-order valence-electron chi connectivity index (χ4n) is 3.45. The number of carbonyl (C=O) groups is 1. The standard InChI is InChI=1S/C23H17ClF3N5O3S/c1-13-20(24)31-17-9-14(7-8-16(17)30-13)12-32(18-5-3-4-6-19(18)36(2,34)35)21(33)15-10-28-22(29-11-15)23(25,26)27/h3-11H,12H2,1-2H3. The molecule has 0 aliphatic heterocycles. The van der Waals surface area contributed by atoms with Crippen LogP contribution in [0.4, 0.5) is 18.9 Å². The molecule has 2 aromatic heterocycles. The van der Waals surface area contributed by atoms with Gasteiger partial charge in [-0.05, 0) is 36.8 Å². The Morgan fingerprint density at radius 3 is 2.33 bits per heavy atom. The van der Waals surface area contributed by atoms with E-state index in [0.29, 0.717) is 22.3 Å². The first-order chi connectivity index (χ1) is 16.8. The van der Waals surface area contributed by atoms with E-state index in [1.165, 1.54) is 18.2 Å². The molecule has 0 spiro atoms. The Morgan fingerprint density at radius 1 is 1.03 bits per heavy atom. The van der Waals surface area contributed by atoms with Gasteiger partial charge >= 0.3 is 6.18 Å². The minimum absolute atomic E-state index is 0.0398. The zero-order valence-electron chi connectivity index (χ0n) is 18.8. The van der Waals surface area contributed by atoms with Crippen LogP contribution in [0.5, 0.6) is 0 Å². The number of anilines is 1. The molecule has 0 N–H and O–H groups in total. The van der Waals surface area contributed by atoms with Crippen molar-refractivity contribution in [3.8, 4) is 0 Å². The van der Waals surface area contributed by atoms with Gasteiger partial charge in [-0.25, -0.2) is 28.4 Å². The molecule has 0 aliphatic carbocycles. The molecule has 13 heteroatoms. The fourth-order valence-corrected chi connectivity index (χ4v) is 4.47. The van der Waals surface area contributed by atoms with Crippen LogP contribution in [0.1, 0.15) is 27.4 Å². The summed E-state index contributed by atoms with van der Waals surface area (Å²) < 4.78 is 63.6. The van der Waals surface area contributed by atoms with E-state index >= 15 is 0 Å². The van der Waals surface area contributed by atoms with E-state index < -0.39 is 27.7 Å². The number of nitrogens with zero attached hydrogens (tertiary/aromatic N) is 5. The van der Waals surface area contributed by atoms with Crippen molar-refractivity contribution < 1.29 is 26.4 Å². The maximum absolute atomic E-state index is 13.5. The van der Waals surface area contributed by atoms with Crippen LogP contribution in [0.2, 0.25) is 5.15 Å². The molecular weight excluding hydrogens is 519 g/mol. The molecule has 0 saturated carbocycles. The first-order valence-electron chi connectivity index (χ1n) is 10.3. The van der Waals surface area contributed by atoms with Crippen LogP contribution >= 0.6 is 11.6 Å². The molecule has 0 bridgehead atoms. The molecule has 0 saturated heterocycles. The molecule has 0 radical (unpaired) electrons. The van der Waals surface area contributed by atoms with Crippen molar-refractivity contribution >= 4 is 44.1 Å². The van der Waals surface area contributed by atoms with Gasteiger partial charge in [-0.2, -0.15) is 13.2 Å². The third-order valence-corrected chi connectivity index (χ3v) is 6.64. The number of carbonyl (C=O) groups excluding carboxylic acids is 1. The van der Waals surface area contributed by atoms with E-state index in [0.717, 1.165) is 23.5 Å². The average Bonchev–Trinajstić information content (AvgIpc) is 2.82. The van der Waals surface area contributed by atoms with Gasteiger partial charge in [0.1, 0.15) is 0 Å². The van der Waals surface area contributed by atoms with Crippen LogP contribution in [0.25, 0.3) is 11.0 Å². The van der Waals surface area contributed by atoms with E-state index in [2.05, 4.69) is 19.9 Å². The predicted molar refractivity (Wildman–Crippen MR) is 126 cm³/mol. The van der Waals surface area contributed by atoms with Gasteiger partial charge in [0.15, 0.2) is 15.0 Å². The number of aromatic nitrogens is 4. The van der Waals surface area contributed by atoms with E-state index in [-0.39, 0.29) is 27.8 Å². The number of alkyl halides is 3. The molecule has 1 amide bonds. The lowest BCUT2D eigenvalue weighted by Gasteiger charge is -2.25. The molecule has 0 fully saturated rings. The van der Waals surface area contributed by atoms with E-state index in [4.69, 9.17) is 11.6 Å². The molecule has 2 heterocycles. The van der Waals surface area contributed by atoms with Crippen molar-refractivity contribution in [2.45, 2.75) is 24.5 Å². The zero-order chi connectivity index (χ0) is 26.3. The van der Waals surface area contributed by atoms with Gasteiger partial charge in [0.2, 0.25) is 5.82 Å². The molecular formula is C23H17ClF3N5O3S. The van der Waals surface area contributed by atoms with Gasteiger partial charge < -0.3 is 4.90 Å². The quantitative estimate of drug-likeness (QED) is 0.366. The highest BCUT2D eigenvalue weighted by molar-refractivity contribution is 7.90. The summed E-state index contributed by atoms with van der Waals surface area (Å²) in [6, 6.07) is 10.8. The third-order valence-electron chi connectivity index (χ3n) is 5.14. The number of para-hydroxylation sites is 1. The molecule has 186 valence electrons.